The van der Waals surface area contributed by atoms with Gasteiger partial charge in [0.15, 0.2) is 5.96 Å². The maximum atomic E-state index is 5.39. The van der Waals surface area contributed by atoms with Gasteiger partial charge in [-0.15, -0.1) is 0 Å². The number of benzene rings is 1. The monoisotopic (exact) mass is 347 g/mol. The zero-order valence-corrected chi connectivity index (χ0v) is 16.3. The van der Waals surface area contributed by atoms with Crippen molar-refractivity contribution in [3.63, 3.8) is 0 Å². The maximum absolute atomic E-state index is 5.39. The van der Waals surface area contributed by atoms with Crippen LogP contribution in [0.15, 0.2) is 23.2 Å². The second kappa shape index (κ2) is 9.63. The van der Waals surface area contributed by atoms with Gasteiger partial charge in [-0.3, -0.25) is 9.89 Å². The van der Waals surface area contributed by atoms with Crippen LogP contribution < -0.4 is 15.4 Å². The molecule has 2 rings (SSSR count). The minimum Gasteiger partial charge on any atom is -0.496 e. The molecule has 1 aromatic rings. The molecule has 1 unspecified atom stereocenters. The second-order valence-electron chi connectivity index (χ2n) is 6.83. The summed E-state index contributed by atoms with van der Waals surface area (Å²) in [6.07, 6.45) is 0.934. The summed E-state index contributed by atoms with van der Waals surface area (Å²) >= 11 is 0. The van der Waals surface area contributed by atoms with Crippen LogP contribution in [0, 0.1) is 6.92 Å². The molecule has 1 heterocycles. The standard InChI is InChI=1S/C19H33N5O/c1-15-6-7-16(12-18(15)25-5)8-9-21-19(20-2)22-13-17-14-23(3)10-11-24(17)4/h6-7,12,17H,8-11,13-14H2,1-5H3,(H2,20,21,22). The first-order valence-corrected chi connectivity index (χ1v) is 9.00. The van der Waals surface area contributed by atoms with Crippen molar-refractivity contribution in [3.05, 3.63) is 29.3 Å². The molecule has 0 radical (unpaired) electrons. The van der Waals surface area contributed by atoms with E-state index in [0.29, 0.717) is 6.04 Å². The zero-order chi connectivity index (χ0) is 18.2. The molecule has 25 heavy (non-hydrogen) atoms. The topological polar surface area (TPSA) is 52.1 Å². The van der Waals surface area contributed by atoms with Gasteiger partial charge in [0.1, 0.15) is 5.75 Å². The van der Waals surface area contributed by atoms with Gasteiger partial charge in [0.25, 0.3) is 0 Å². The van der Waals surface area contributed by atoms with Gasteiger partial charge in [0, 0.05) is 45.8 Å². The summed E-state index contributed by atoms with van der Waals surface area (Å²) in [5, 5.41) is 6.86. The normalized spacial score (nSPS) is 19.7. The Bertz CT molecular complexity index is 575. The van der Waals surface area contributed by atoms with Gasteiger partial charge in [-0.1, -0.05) is 12.1 Å². The Hall–Kier alpha value is -1.79. The van der Waals surface area contributed by atoms with Crippen molar-refractivity contribution in [2.75, 3.05) is 61.0 Å². The van der Waals surface area contributed by atoms with Gasteiger partial charge in [0.05, 0.1) is 7.11 Å². The molecule has 2 N–H and O–H groups in total. The minimum absolute atomic E-state index is 0.513. The number of likely N-dealkylation sites (N-methyl/N-ethyl adjacent to an activating group) is 2. The molecule has 0 aliphatic carbocycles. The predicted octanol–water partition coefficient (Wildman–Crippen LogP) is 0.957. The number of hydrogen-bond donors (Lipinski definition) is 2. The highest BCUT2D eigenvalue weighted by Gasteiger charge is 2.21. The highest BCUT2D eigenvalue weighted by Crippen LogP contribution is 2.18. The number of aliphatic imine (C=N–C) groups is 1. The van der Waals surface area contributed by atoms with Crippen LogP contribution >= 0.6 is 0 Å². The first-order valence-electron chi connectivity index (χ1n) is 9.00. The van der Waals surface area contributed by atoms with Gasteiger partial charge >= 0.3 is 0 Å². The SMILES string of the molecule is CN=C(NCCc1ccc(C)c(OC)c1)NCC1CN(C)CCN1C. The first-order chi connectivity index (χ1) is 12.0. The molecule has 1 saturated heterocycles. The number of nitrogens with zero attached hydrogens (tertiary/aromatic N) is 3. The third-order valence-corrected chi connectivity index (χ3v) is 4.89. The Morgan fingerprint density at radius 2 is 2.08 bits per heavy atom. The van der Waals surface area contributed by atoms with E-state index in [1.54, 1.807) is 7.11 Å². The van der Waals surface area contributed by atoms with Crippen molar-refractivity contribution in [1.82, 2.24) is 20.4 Å². The fraction of sp³-hybridized carbons (Fsp3) is 0.632. The smallest absolute Gasteiger partial charge is 0.191 e. The number of methoxy groups -OCH3 is 1. The van der Waals surface area contributed by atoms with Crippen molar-refractivity contribution in [1.29, 1.82) is 0 Å². The number of piperazine rings is 1. The van der Waals surface area contributed by atoms with E-state index in [4.69, 9.17) is 4.74 Å². The lowest BCUT2D eigenvalue weighted by Crippen LogP contribution is -2.55. The minimum atomic E-state index is 0.513. The van der Waals surface area contributed by atoms with Crippen LogP contribution in [0.3, 0.4) is 0 Å². The molecular formula is C19H33N5O. The Morgan fingerprint density at radius 1 is 1.28 bits per heavy atom. The lowest BCUT2D eigenvalue weighted by molar-refractivity contribution is 0.116. The van der Waals surface area contributed by atoms with E-state index < -0.39 is 0 Å². The number of hydrogen-bond acceptors (Lipinski definition) is 4. The van der Waals surface area contributed by atoms with E-state index in [0.717, 1.165) is 50.9 Å². The predicted molar refractivity (Wildman–Crippen MR) is 105 cm³/mol. The van der Waals surface area contributed by atoms with Crippen molar-refractivity contribution in [3.8, 4) is 5.75 Å². The first kappa shape index (κ1) is 19.5. The average molecular weight is 348 g/mol. The van der Waals surface area contributed by atoms with Crippen LogP contribution in [0.4, 0.5) is 0 Å². The Labute approximate surface area is 152 Å². The molecular weight excluding hydrogens is 314 g/mol. The van der Waals surface area contributed by atoms with Crippen LogP contribution in [0.2, 0.25) is 0 Å². The van der Waals surface area contributed by atoms with E-state index in [9.17, 15) is 0 Å². The fourth-order valence-electron chi connectivity index (χ4n) is 3.10. The van der Waals surface area contributed by atoms with Gasteiger partial charge < -0.3 is 20.3 Å². The molecule has 6 nitrogen and oxygen atoms in total. The molecule has 1 aliphatic heterocycles. The van der Waals surface area contributed by atoms with E-state index in [-0.39, 0.29) is 0 Å². The molecule has 140 valence electrons. The number of aryl methyl sites for hydroxylation is 1. The van der Waals surface area contributed by atoms with E-state index >= 15 is 0 Å². The van der Waals surface area contributed by atoms with Gasteiger partial charge in [-0.05, 0) is 44.6 Å². The van der Waals surface area contributed by atoms with Crippen molar-refractivity contribution in [2.45, 2.75) is 19.4 Å². The molecule has 0 aromatic heterocycles. The maximum Gasteiger partial charge on any atom is 0.191 e. The molecule has 1 aliphatic rings. The Kier molecular flexibility index (Phi) is 7.52. The molecule has 0 saturated carbocycles. The molecule has 0 spiro atoms. The molecule has 0 amide bonds. The summed E-state index contributed by atoms with van der Waals surface area (Å²) in [6, 6.07) is 6.89. The van der Waals surface area contributed by atoms with Crippen LogP contribution in [-0.4, -0.2) is 82.8 Å². The summed E-state index contributed by atoms with van der Waals surface area (Å²) in [5.41, 5.74) is 2.43. The number of guanidine groups is 1. The van der Waals surface area contributed by atoms with E-state index in [1.807, 2.05) is 7.05 Å². The highest BCUT2D eigenvalue weighted by atomic mass is 16.5. The van der Waals surface area contributed by atoms with Crippen molar-refractivity contribution >= 4 is 5.96 Å². The van der Waals surface area contributed by atoms with Gasteiger partial charge in [-0.2, -0.15) is 0 Å². The van der Waals surface area contributed by atoms with Crippen LogP contribution in [0.1, 0.15) is 11.1 Å². The van der Waals surface area contributed by atoms with Crippen LogP contribution in [0.25, 0.3) is 0 Å². The third-order valence-electron chi connectivity index (χ3n) is 4.89. The third kappa shape index (κ3) is 5.90. The molecule has 0 bridgehead atoms. The number of rotatable bonds is 6. The van der Waals surface area contributed by atoms with E-state index in [2.05, 4.69) is 64.6 Å². The fourth-order valence-corrected chi connectivity index (χ4v) is 3.10. The molecule has 1 aromatic carbocycles. The summed E-state index contributed by atoms with van der Waals surface area (Å²) < 4.78 is 5.39. The second-order valence-corrected chi connectivity index (χ2v) is 6.83. The van der Waals surface area contributed by atoms with Crippen molar-refractivity contribution in [2.24, 2.45) is 4.99 Å². The molecule has 6 heteroatoms. The number of nitrogens with one attached hydrogen (secondary N) is 2. The highest BCUT2D eigenvalue weighted by molar-refractivity contribution is 5.79. The van der Waals surface area contributed by atoms with Crippen molar-refractivity contribution < 1.29 is 4.74 Å². The summed E-state index contributed by atoms with van der Waals surface area (Å²) in [6.45, 7) is 7.14. The Balaban J connectivity index is 1.76. The summed E-state index contributed by atoms with van der Waals surface area (Å²) in [7, 11) is 7.92. The molecule has 1 atom stereocenters. The van der Waals surface area contributed by atoms with Gasteiger partial charge in [-0.25, -0.2) is 0 Å². The van der Waals surface area contributed by atoms with E-state index in [1.165, 1.54) is 11.1 Å². The summed E-state index contributed by atoms with van der Waals surface area (Å²) in [4.78, 5) is 9.13. The lowest BCUT2D eigenvalue weighted by Gasteiger charge is -2.37. The largest absolute Gasteiger partial charge is 0.496 e. The number of ether oxygens (including phenoxy) is 1. The van der Waals surface area contributed by atoms with Gasteiger partial charge in [0.2, 0.25) is 0 Å². The zero-order valence-electron chi connectivity index (χ0n) is 16.3. The Morgan fingerprint density at radius 3 is 2.80 bits per heavy atom. The van der Waals surface area contributed by atoms with Crippen LogP contribution in [0.5, 0.6) is 5.75 Å². The molecule has 1 fully saturated rings. The average Bonchev–Trinajstić information content (AvgIpc) is 2.61. The summed E-state index contributed by atoms with van der Waals surface area (Å²) in [5.74, 6) is 1.81. The van der Waals surface area contributed by atoms with Crippen LogP contribution in [-0.2, 0) is 6.42 Å². The quantitative estimate of drug-likeness (QED) is 0.593. The lowest BCUT2D eigenvalue weighted by atomic mass is 10.1.